The van der Waals surface area contributed by atoms with Crippen molar-refractivity contribution >= 4 is 23.6 Å². The summed E-state index contributed by atoms with van der Waals surface area (Å²) in [6, 6.07) is -1.61. The summed E-state index contributed by atoms with van der Waals surface area (Å²) in [5, 5.41) is 138. The molecule has 0 aliphatic carbocycles. The Morgan fingerprint density at radius 1 is 0.600 bits per heavy atom. The highest BCUT2D eigenvalue weighted by Crippen LogP contribution is 2.15. The number of carboxylic acids is 2. The maximum absolute atomic E-state index is 11.0. The van der Waals surface area contributed by atoms with Crippen LogP contribution in [0.3, 0.4) is 0 Å². The zero-order chi connectivity index (χ0) is 32.1. The van der Waals surface area contributed by atoms with Crippen LogP contribution < -0.4 is 5.32 Å². The largest absolute Gasteiger partial charge is 0.506 e. The van der Waals surface area contributed by atoms with Crippen molar-refractivity contribution in [2.75, 3.05) is 13.2 Å². The summed E-state index contributed by atoms with van der Waals surface area (Å²) >= 11 is 0. The zero-order valence-electron chi connectivity index (χ0n) is 20.7. The van der Waals surface area contributed by atoms with Crippen LogP contribution in [0.15, 0.2) is 11.5 Å². The molecule has 1 amide bonds. The predicted molar refractivity (Wildman–Crippen MR) is 123 cm³/mol. The molecule has 0 fully saturated rings. The lowest BCUT2D eigenvalue weighted by atomic mass is 9.94. The molecule has 20 nitrogen and oxygen atoms in total. The molecule has 0 aromatic heterocycles. The van der Waals surface area contributed by atoms with Gasteiger partial charge < -0.3 is 81.9 Å². The Morgan fingerprint density at radius 3 is 1.38 bits per heavy atom. The molecule has 0 spiro atoms. The van der Waals surface area contributed by atoms with E-state index in [1.807, 2.05) is 5.32 Å². The van der Waals surface area contributed by atoms with Gasteiger partial charge in [0.2, 0.25) is 17.4 Å². The van der Waals surface area contributed by atoms with E-state index in [9.17, 15) is 60.0 Å². The Balaban J connectivity index is 0. The van der Waals surface area contributed by atoms with Crippen LogP contribution in [0.25, 0.3) is 0 Å². The maximum atomic E-state index is 11.0. The second-order valence-electron chi connectivity index (χ2n) is 8.16. The summed E-state index contributed by atoms with van der Waals surface area (Å²) in [6.07, 6.45) is -19.2. The number of hydrogen-bond acceptors (Lipinski definition) is 17. The van der Waals surface area contributed by atoms with E-state index in [-0.39, 0.29) is 0 Å². The Labute approximate surface area is 224 Å². The van der Waals surface area contributed by atoms with Gasteiger partial charge >= 0.3 is 11.9 Å². The minimum Gasteiger partial charge on any atom is -0.506 e. The molecule has 0 bridgehead atoms. The fourth-order valence-corrected chi connectivity index (χ4v) is 2.73. The summed E-state index contributed by atoms with van der Waals surface area (Å²) in [4.78, 5) is 42.7. The minimum atomic E-state index is -2.42. The lowest BCUT2D eigenvalue weighted by Gasteiger charge is -2.32. The number of nitrogens with one attached hydrogen (secondary N) is 1. The van der Waals surface area contributed by atoms with Gasteiger partial charge in [-0.3, -0.25) is 9.59 Å². The molecule has 5 unspecified atom stereocenters. The topological polar surface area (TPSA) is 384 Å². The van der Waals surface area contributed by atoms with Crippen LogP contribution in [0.5, 0.6) is 0 Å². The summed E-state index contributed by atoms with van der Waals surface area (Å²) in [6.45, 7) is -0.821. The molecule has 0 aromatic rings. The smallest absolute Gasteiger partial charge is 0.374 e. The van der Waals surface area contributed by atoms with Crippen molar-refractivity contribution in [1.82, 2.24) is 5.32 Å². The number of hydrogen-bond donors (Lipinski definition) is 16. The lowest BCUT2D eigenvalue weighted by Crippen LogP contribution is -2.57. The third-order valence-corrected chi connectivity index (χ3v) is 5.05. The molecule has 0 aliphatic rings. The molecule has 10 atom stereocenters. The Kier molecular flexibility index (Phi) is 17.9. The summed E-state index contributed by atoms with van der Waals surface area (Å²) in [5.41, 5.74) is 0. The van der Waals surface area contributed by atoms with E-state index in [0.29, 0.717) is 0 Å². The summed E-state index contributed by atoms with van der Waals surface area (Å²) in [5.74, 6) is -9.08. The summed E-state index contributed by atoms with van der Waals surface area (Å²) < 4.78 is 0. The molecule has 0 saturated carbocycles. The van der Waals surface area contributed by atoms with Crippen molar-refractivity contribution in [1.29, 1.82) is 0 Å². The molecule has 0 radical (unpaired) electrons. The number of Topliss-reactive ketones (excluding diaryl/α,β-unsaturated/α-hetero) is 1. The molecule has 0 heterocycles. The average Bonchev–Trinajstić information content (AvgIpc) is 2.91. The van der Waals surface area contributed by atoms with E-state index in [0.717, 1.165) is 6.92 Å². The van der Waals surface area contributed by atoms with Crippen molar-refractivity contribution in [2.24, 2.45) is 0 Å². The van der Waals surface area contributed by atoms with Crippen molar-refractivity contribution in [3.8, 4) is 0 Å². The van der Waals surface area contributed by atoms with Crippen molar-refractivity contribution < 1.29 is 95.8 Å². The highest BCUT2D eigenvalue weighted by molar-refractivity contribution is 6.32. The maximum Gasteiger partial charge on any atom is 0.374 e. The average molecular weight is 593 g/mol. The number of rotatable bonds is 16. The van der Waals surface area contributed by atoms with Crippen LogP contribution in [-0.2, 0) is 19.2 Å². The molecular weight excluding hydrogens is 558 g/mol. The molecule has 40 heavy (non-hydrogen) atoms. The number of amides is 1. The van der Waals surface area contributed by atoms with E-state index >= 15 is 0 Å². The minimum absolute atomic E-state index is 0.730. The van der Waals surface area contributed by atoms with Crippen molar-refractivity contribution in [2.45, 2.75) is 74.3 Å². The fraction of sp³-hybridized carbons (Fsp3) is 0.700. The Bertz CT molecular complexity index is 865. The van der Waals surface area contributed by atoms with Crippen molar-refractivity contribution in [3.63, 3.8) is 0 Å². The highest BCUT2D eigenvalue weighted by Gasteiger charge is 2.38. The number of ketones is 1. The number of aliphatic carboxylic acids is 2. The van der Waals surface area contributed by atoms with Gasteiger partial charge in [0.05, 0.1) is 25.4 Å². The first-order valence-electron chi connectivity index (χ1n) is 11.0. The van der Waals surface area contributed by atoms with E-state index < -0.39 is 116 Å². The van der Waals surface area contributed by atoms with Gasteiger partial charge in [-0.1, -0.05) is 0 Å². The molecule has 0 aliphatic heterocycles. The molecule has 0 saturated heterocycles. The van der Waals surface area contributed by atoms with Crippen LogP contribution in [0.2, 0.25) is 0 Å². The number of aliphatic hydroxyl groups is 13. The normalized spacial score (nSPS) is 19.5. The third kappa shape index (κ3) is 12.4. The van der Waals surface area contributed by atoms with Gasteiger partial charge in [-0.2, -0.15) is 0 Å². The van der Waals surface area contributed by atoms with Crippen LogP contribution in [-0.4, -0.2) is 174 Å². The lowest BCUT2D eigenvalue weighted by molar-refractivity contribution is -0.151. The number of carbonyl (C=O) groups excluding carboxylic acids is 2. The van der Waals surface area contributed by atoms with Gasteiger partial charge in [-0.15, -0.1) is 0 Å². The molecule has 0 rings (SSSR count). The van der Waals surface area contributed by atoms with Crippen molar-refractivity contribution in [3.05, 3.63) is 11.5 Å². The van der Waals surface area contributed by atoms with Crippen LogP contribution in [0, 0.1) is 0 Å². The number of carbonyl (C=O) groups is 4. The second-order valence-corrected chi connectivity index (χ2v) is 8.16. The Hall–Kier alpha value is -3.02. The number of carboxylic acid groups (broad SMARTS) is 2. The van der Waals surface area contributed by atoms with Gasteiger partial charge in [-0.05, 0) is 0 Å². The van der Waals surface area contributed by atoms with E-state index in [4.69, 9.17) is 35.7 Å². The number of aliphatic hydroxyl groups excluding tert-OH is 13. The van der Waals surface area contributed by atoms with Gasteiger partial charge in [0.15, 0.2) is 5.76 Å². The van der Waals surface area contributed by atoms with E-state index in [1.54, 1.807) is 0 Å². The van der Waals surface area contributed by atoms with Crippen LogP contribution in [0.1, 0.15) is 13.3 Å². The SMILES string of the molecule is CC(=O)N[C@@H]([C@@H](O)[C@H](O)[C@H](O)CO)[C@@H](O)CC(=O)C(=O)O.O=C(O)/C(O)=C(\O)C(O)C(O)C(O)C(O)C(O)CO. The van der Waals surface area contributed by atoms with Gasteiger partial charge in [0.1, 0.15) is 48.8 Å². The second kappa shape index (κ2) is 18.4. The first kappa shape index (κ1) is 39.1. The highest BCUT2D eigenvalue weighted by atomic mass is 16.4. The molecule has 234 valence electrons. The first-order valence-corrected chi connectivity index (χ1v) is 11.0. The van der Waals surface area contributed by atoms with Gasteiger partial charge in [-0.25, -0.2) is 9.59 Å². The monoisotopic (exact) mass is 593 g/mol. The third-order valence-electron chi connectivity index (χ3n) is 5.05. The summed E-state index contributed by atoms with van der Waals surface area (Å²) in [7, 11) is 0. The predicted octanol–water partition coefficient (Wildman–Crippen LogP) is -7.83. The van der Waals surface area contributed by atoms with Crippen LogP contribution in [0.4, 0.5) is 0 Å². The van der Waals surface area contributed by atoms with E-state index in [1.165, 1.54) is 0 Å². The molecule has 20 heteroatoms. The van der Waals surface area contributed by atoms with Crippen LogP contribution >= 0.6 is 0 Å². The van der Waals surface area contributed by atoms with E-state index in [2.05, 4.69) is 0 Å². The van der Waals surface area contributed by atoms with Gasteiger partial charge in [0, 0.05) is 13.3 Å². The fourth-order valence-electron chi connectivity index (χ4n) is 2.73. The molecular formula is C20H35NO19. The zero-order valence-corrected chi connectivity index (χ0v) is 20.7. The molecule has 16 N–H and O–H groups in total. The quantitative estimate of drug-likeness (QED) is 0.0448. The first-order chi connectivity index (χ1) is 18.3. The Morgan fingerprint density at radius 2 is 1.02 bits per heavy atom. The van der Waals surface area contributed by atoms with Gasteiger partial charge in [0.25, 0.3) is 0 Å². The standard InChI is InChI=1S/C11H19NO9.C9H16O10/c1-4(14)12-8(5(15)2-6(16)11(20)21)10(19)9(18)7(17)3-13;10-1-2(11)3(12)4(13)5(14)6(15)7(16)8(17)9(18)19/h5,7-10,13,15,17-19H,2-3H2,1H3,(H,12,14)(H,20,21);2-6,10-17H,1H2,(H,18,19)/b;8-7+/t5-,7+,8+,9+,10+;/m0./s1. The molecule has 0 aromatic carbocycles.